The van der Waals surface area contributed by atoms with Gasteiger partial charge in [0, 0.05) is 48.2 Å². The van der Waals surface area contributed by atoms with Crippen molar-refractivity contribution in [2.45, 2.75) is 129 Å². The van der Waals surface area contributed by atoms with E-state index >= 15 is 0 Å². The molecule has 64 heavy (non-hydrogen) atoms. The number of ether oxygens (including phenoxy) is 1. The highest BCUT2D eigenvalue weighted by molar-refractivity contribution is 6.74. The maximum atomic E-state index is 13.3. The number of benzene rings is 4. The fourth-order valence-electron chi connectivity index (χ4n) is 8.21. The first kappa shape index (κ1) is 46.4. The quantitative estimate of drug-likeness (QED) is 0.0634. The Hall–Kier alpha value is -5.60. The minimum atomic E-state index is -2.22. The summed E-state index contributed by atoms with van der Waals surface area (Å²) in [6.07, 6.45) is 7.73. The number of hydrogen-bond acceptors (Lipinski definition) is 9. The maximum Gasteiger partial charge on any atom is 0.411 e. The molecule has 0 aliphatic heterocycles. The molecule has 1 fully saturated rings. The SMILES string of the molecule is CC(C)(C)NC1CCC(OC(=O)Nc2cc(/C=C/CCn3nnc4cc(CNC[C@H](O[Si](C)(C)C(C)(C)C)c5ccc(O)c6[nH]c(=O)ccc56)ccc43)ccc2-c2ccccc2)CC1. The number of phenolic OH excluding ortho intramolecular Hbond substituents is 1. The summed E-state index contributed by atoms with van der Waals surface area (Å²) in [6, 6.07) is 29.6. The third kappa shape index (κ3) is 11.7. The Morgan fingerprint density at radius 3 is 2.45 bits per heavy atom. The lowest BCUT2D eigenvalue weighted by Crippen LogP contribution is -2.46. The average Bonchev–Trinajstić information content (AvgIpc) is 3.64. The van der Waals surface area contributed by atoms with Gasteiger partial charge in [-0.25, -0.2) is 9.48 Å². The van der Waals surface area contributed by atoms with E-state index < -0.39 is 14.4 Å². The van der Waals surface area contributed by atoms with Crippen LogP contribution in [-0.4, -0.2) is 63.7 Å². The monoisotopic (exact) mass is 883 g/mol. The summed E-state index contributed by atoms with van der Waals surface area (Å²) in [7, 11) is -2.22. The van der Waals surface area contributed by atoms with Crippen molar-refractivity contribution in [3.8, 4) is 16.9 Å². The van der Waals surface area contributed by atoms with Crippen LogP contribution >= 0.6 is 0 Å². The number of aromatic amines is 1. The lowest BCUT2D eigenvalue weighted by molar-refractivity contribution is 0.0762. The number of carbonyl (C=O) groups excluding carboxylic acids is 1. The molecule has 1 aliphatic rings. The molecule has 1 aliphatic carbocycles. The minimum Gasteiger partial charge on any atom is -0.506 e. The molecule has 4 aromatic carbocycles. The molecule has 6 aromatic rings. The molecule has 2 aromatic heterocycles. The fraction of sp³-hybridized carbons (Fsp3) is 0.412. The number of rotatable bonds is 15. The van der Waals surface area contributed by atoms with Crippen molar-refractivity contribution in [2.24, 2.45) is 0 Å². The number of aromatic hydroxyl groups is 1. The third-order valence-electron chi connectivity index (χ3n) is 12.5. The van der Waals surface area contributed by atoms with Gasteiger partial charge in [-0.1, -0.05) is 92.7 Å². The van der Waals surface area contributed by atoms with Crippen LogP contribution in [-0.2, 0) is 22.3 Å². The number of anilines is 1. The number of nitrogens with one attached hydrogen (secondary N) is 4. The van der Waals surface area contributed by atoms with Gasteiger partial charge in [0.15, 0.2) is 8.32 Å². The Kier molecular flexibility index (Phi) is 14.2. The van der Waals surface area contributed by atoms with Crippen LogP contribution < -0.4 is 21.5 Å². The van der Waals surface area contributed by atoms with Gasteiger partial charge in [0.2, 0.25) is 5.56 Å². The molecule has 5 N–H and O–H groups in total. The summed E-state index contributed by atoms with van der Waals surface area (Å²) in [4.78, 5) is 28.2. The molecule has 1 atom stereocenters. The first-order valence-electron chi connectivity index (χ1n) is 22.6. The number of phenols is 1. The summed E-state index contributed by atoms with van der Waals surface area (Å²) < 4.78 is 14.9. The number of hydrogen-bond donors (Lipinski definition) is 5. The smallest absolute Gasteiger partial charge is 0.411 e. The molecule has 338 valence electrons. The van der Waals surface area contributed by atoms with E-state index in [0.29, 0.717) is 36.9 Å². The second-order valence-electron chi connectivity index (χ2n) is 19.7. The number of aryl methyl sites for hydroxylation is 1. The number of nitrogens with zero attached hydrogens (tertiary/aromatic N) is 3. The zero-order valence-corrected chi connectivity index (χ0v) is 39.6. The molecule has 2 heterocycles. The lowest BCUT2D eigenvalue weighted by atomic mass is 9.91. The molecule has 0 saturated heterocycles. The number of fused-ring (bicyclic) bond motifs is 2. The number of carbonyl (C=O) groups is 1. The van der Waals surface area contributed by atoms with Gasteiger partial charge in [-0.05, 0) is 124 Å². The van der Waals surface area contributed by atoms with Crippen molar-refractivity contribution in [1.82, 2.24) is 30.6 Å². The van der Waals surface area contributed by atoms with E-state index in [-0.39, 0.29) is 34.1 Å². The van der Waals surface area contributed by atoms with E-state index in [1.165, 1.54) is 6.07 Å². The van der Waals surface area contributed by atoms with Crippen LogP contribution in [0.3, 0.4) is 0 Å². The molecule has 1 amide bonds. The van der Waals surface area contributed by atoms with Crippen molar-refractivity contribution < 1.29 is 19.1 Å². The van der Waals surface area contributed by atoms with Crippen molar-refractivity contribution in [3.05, 3.63) is 124 Å². The summed E-state index contributed by atoms with van der Waals surface area (Å²) in [6.45, 7) is 19.4. The number of amides is 1. The van der Waals surface area contributed by atoms with Crippen molar-refractivity contribution in [3.63, 3.8) is 0 Å². The van der Waals surface area contributed by atoms with Gasteiger partial charge < -0.3 is 29.9 Å². The molecule has 12 nitrogen and oxygen atoms in total. The predicted molar refractivity (Wildman–Crippen MR) is 261 cm³/mol. The molecule has 0 radical (unpaired) electrons. The molecular formula is C51H65N7O5Si. The summed E-state index contributed by atoms with van der Waals surface area (Å²) in [5.41, 5.74) is 7.58. The summed E-state index contributed by atoms with van der Waals surface area (Å²) in [5.74, 6) is 0.0290. The minimum absolute atomic E-state index is 0.0190. The van der Waals surface area contributed by atoms with Crippen LogP contribution in [0.5, 0.6) is 5.75 Å². The van der Waals surface area contributed by atoms with Crippen molar-refractivity contribution >= 4 is 48.1 Å². The standard InChI is InChI=1S/C51H65N7O5Si/c1-50(2,3)55-37-19-21-38(22-20-37)62-49(61)53-42-30-34(17-23-39(42)36-15-10-9-11-16-36)14-12-13-29-58-44-26-18-35(31-43(44)56-57-58)32-52-33-46(63-64(7,8)51(4,5)6)40-24-27-45(59)48-41(40)25-28-47(60)54-48/h9-12,14-18,23-28,30-31,37-38,46,52,55,59H,13,19-22,29,32-33H2,1-8H3,(H,53,61)(H,54,60)/b14-12+/t37?,38?,46-/m0/s1. The molecular weight excluding hydrogens is 819 g/mol. The molecule has 7 rings (SSSR count). The Balaban J connectivity index is 0.975. The molecule has 0 spiro atoms. The van der Waals surface area contributed by atoms with Crippen LogP contribution in [0.4, 0.5) is 10.5 Å². The van der Waals surface area contributed by atoms with Crippen LogP contribution in [0, 0.1) is 0 Å². The summed E-state index contributed by atoms with van der Waals surface area (Å²) in [5, 5.41) is 30.7. The van der Waals surface area contributed by atoms with Gasteiger partial charge in [-0.3, -0.25) is 10.1 Å². The second kappa shape index (κ2) is 19.6. The first-order chi connectivity index (χ1) is 30.4. The van der Waals surface area contributed by atoms with Gasteiger partial charge in [0.1, 0.15) is 17.4 Å². The van der Waals surface area contributed by atoms with Crippen LogP contribution in [0.15, 0.2) is 102 Å². The zero-order valence-electron chi connectivity index (χ0n) is 38.6. The van der Waals surface area contributed by atoms with E-state index in [2.05, 4.69) is 122 Å². The van der Waals surface area contributed by atoms with E-state index in [1.54, 1.807) is 12.1 Å². The van der Waals surface area contributed by atoms with Gasteiger partial charge >= 0.3 is 6.09 Å². The Bertz CT molecular complexity index is 2640. The Morgan fingerprint density at radius 1 is 0.953 bits per heavy atom. The topological polar surface area (TPSA) is 155 Å². The second-order valence-corrected chi connectivity index (χ2v) is 24.4. The van der Waals surface area contributed by atoms with Gasteiger partial charge in [-0.15, -0.1) is 5.10 Å². The average molecular weight is 884 g/mol. The van der Waals surface area contributed by atoms with Gasteiger partial charge in [0.25, 0.3) is 0 Å². The number of aromatic nitrogens is 4. The van der Waals surface area contributed by atoms with E-state index in [0.717, 1.165) is 76.3 Å². The normalized spacial score (nSPS) is 16.7. The van der Waals surface area contributed by atoms with Crippen LogP contribution in [0.1, 0.15) is 96.4 Å². The van der Waals surface area contributed by atoms with Crippen molar-refractivity contribution in [2.75, 3.05) is 11.9 Å². The number of pyridine rings is 1. The van der Waals surface area contributed by atoms with E-state index in [9.17, 15) is 14.7 Å². The van der Waals surface area contributed by atoms with Crippen molar-refractivity contribution in [1.29, 1.82) is 0 Å². The van der Waals surface area contributed by atoms with Crippen LogP contribution in [0.2, 0.25) is 18.1 Å². The highest BCUT2D eigenvalue weighted by Crippen LogP contribution is 2.41. The summed E-state index contributed by atoms with van der Waals surface area (Å²) >= 11 is 0. The highest BCUT2D eigenvalue weighted by Gasteiger charge is 2.40. The number of allylic oxidation sites excluding steroid dienone is 1. The molecule has 1 saturated carbocycles. The molecule has 0 bridgehead atoms. The Labute approximate surface area is 378 Å². The van der Waals surface area contributed by atoms with Gasteiger partial charge in [-0.2, -0.15) is 0 Å². The molecule has 0 unspecified atom stereocenters. The van der Waals surface area contributed by atoms with E-state index in [4.69, 9.17) is 9.16 Å². The van der Waals surface area contributed by atoms with Gasteiger partial charge in [0.05, 0.1) is 22.8 Å². The third-order valence-corrected chi connectivity index (χ3v) is 17.0. The van der Waals surface area contributed by atoms with E-state index in [1.807, 2.05) is 53.2 Å². The Morgan fingerprint density at radius 2 is 1.72 bits per heavy atom. The fourth-order valence-corrected chi connectivity index (χ4v) is 9.49. The van der Waals surface area contributed by atoms with Crippen LogP contribution in [0.25, 0.3) is 39.1 Å². The highest BCUT2D eigenvalue weighted by atomic mass is 28.4. The first-order valence-corrected chi connectivity index (χ1v) is 25.5. The lowest BCUT2D eigenvalue weighted by Gasteiger charge is -2.39. The zero-order chi connectivity index (χ0) is 45.6. The predicted octanol–water partition coefficient (Wildman–Crippen LogP) is 10.8. The largest absolute Gasteiger partial charge is 0.506 e. The molecule has 13 heteroatoms. The number of H-pyrrole nitrogens is 1. The maximum absolute atomic E-state index is 13.3.